The highest BCUT2D eigenvalue weighted by Crippen LogP contribution is 2.18. The van der Waals surface area contributed by atoms with E-state index in [1.807, 2.05) is 0 Å². The van der Waals surface area contributed by atoms with Gasteiger partial charge in [-0.05, 0) is 97.1 Å². The molecular weight excluding hydrogens is 506 g/mol. The number of hydrogen-bond acceptors (Lipinski definition) is 1. The van der Waals surface area contributed by atoms with Crippen molar-refractivity contribution in [2.75, 3.05) is 13.6 Å². The molecule has 0 aromatic carbocycles. The summed E-state index contributed by atoms with van der Waals surface area (Å²) in [5.41, 5.74) is 0. The molecule has 0 rings (SSSR count). The van der Waals surface area contributed by atoms with E-state index in [2.05, 4.69) is 81.3 Å². The molecule has 246 valence electrons. The van der Waals surface area contributed by atoms with Gasteiger partial charge in [-0.3, -0.25) is 0 Å². The van der Waals surface area contributed by atoms with Crippen molar-refractivity contribution in [3.63, 3.8) is 0 Å². The zero-order valence-electron chi connectivity index (χ0n) is 29.4. The van der Waals surface area contributed by atoms with E-state index >= 15 is 0 Å². The van der Waals surface area contributed by atoms with Crippen LogP contribution in [0.1, 0.15) is 194 Å². The van der Waals surface area contributed by atoms with E-state index in [9.17, 15) is 0 Å². The van der Waals surface area contributed by atoms with Crippen LogP contribution in [-0.4, -0.2) is 24.5 Å². The van der Waals surface area contributed by atoms with Crippen LogP contribution in [0.2, 0.25) is 0 Å². The molecule has 0 amide bonds. The minimum Gasteiger partial charge on any atom is -0.304 e. The molecule has 0 saturated carbocycles. The van der Waals surface area contributed by atoms with Gasteiger partial charge in [0.15, 0.2) is 0 Å². The van der Waals surface area contributed by atoms with Crippen molar-refractivity contribution in [1.29, 1.82) is 0 Å². The molecule has 0 aromatic heterocycles. The Morgan fingerprint density at radius 2 is 0.714 bits per heavy atom. The minimum absolute atomic E-state index is 0.803. The molecule has 1 atom stereocenters. The summed E-state index contributed by atoms with van der Waals surface area (Å²) in [6.07, 6.45) is 55.5. The molecule has 42 heavy (non-hydrogen) atoms. The topological polar surface area (TPSA) is 3.24 Å². The van der Waals surface area contributed by atoms with Crippen LogP contribution in [0.25, 0.3) is 0 Å². The fourth-order valence-electron chi connectivity index (χ4n) is 5.74. The maximum atomic E-state index is 2.61. The SMILES string of the molecule is CCCCC/C=C\C/C=C\CCCCCCCCC(CCCCCCCC/C=C\CC/C=C\CCCCC)N(C)CC. The summed E-state index contributed by atoms with van der Waals surface area (Å²) in [6.45, 7) is 8.06. The van der Waals surface area contributed by atoms with E-state index in [4.69, 9.17) is 0 Å². The number of rotatable bonds is 33. The molecule has 0 radical (unpaired) electrons. The average molecular weight is 584 g/mol. The number of allylic oxidation sites excluding steroid dienone is 8. The van der Waals surface area contributed by atoms with Crippen molar-refractivity contribution in [1.82, 2.24) is 4.90 Å². The van der Waals surface area contributed by atoms with Crippen molar-refractivity contribution in [2.45, 2.75) is 200 Å². The normalized spacial score (nSPS) is 13.3. The van der Waals surface area contributed by atoms with Gasteiger partial charge >= 0.3 is 0 Å². The lowest BCUT2D eigenvalue weighted by molar-refractivity contribution is 0.219. The zero-order valence-corrected chi connectivity index (χ0v) is 29.4. The molecule has 0 saturated heterocycles. The molecule has 0 aliphatic carbocycles. The predicted octanol–water partition coefficient (Wildman–Crippen LogP) is 14.1. The monoisotopic (exact) mass is 584 g/mol. The van der Waals surface area contributed by atoms with Gasteiger partial charge in [-0.15, -0.1) is 0 Å². The largest absolute Gasteiger partial charge is 0.304 e. The van der Waals surface area contributed by atoms with E-state index in [1.165, 1.54) is 173 Å². The smallest absolute Gasteiger partial charge is 0.00920 e. The number of hydrogen-bond donors (Lipinski definition) is 0. The molecule has 0 spiro atoms. The van der Waals surface area contributed by atoms with Crippen LogP contribution >= 0.6 is 0 Å². The fourth-order valence-corrected chi connectivity index (χ4v) is 5.74. The Bertz CT molecular complexity index is 612. The summed E-state index contributed by atoms with van der Waals surface area (Å²) in [5, 5.41) is 0. The van der Waals surface area contributed by atoms with Gasteiger partial charge in [0.1, 0.15) is 0 Å². The fraction of sp³-hybridized carbons (Fsp3) is 0.805. The van der Waals surface area contributed by atoms with Crippen LogP contribution in [0.5, 0.6) is 0 Å². The first-order chi connectivity index (χ1) is 20.8. The van der Waals surface area contributed by atoms with Crippen LogP contribution < -0.4 is 0 Å². The second-order valence-corrected chi connectivity index (χ2v) is 12.8. The van der Waals surface area contributed by atoms with Gasteiger partial charge in [0.25, 0.3) is 0 Å². The van der Waals surface area contributed by atoms with Crippen LogP contribution in [0.15, 0.2) is 48.6 Å². The lowest BCUT2D eigenvalue weighted by Crippen LogP contribution is -2.31. The van der Waals surface area contributed by atoms with Gasteiger partial charge in [-0.25, -0.2) is 0 Å². The summed E-state index contributed by atoms with van der Waals surface area (Å²) in [6, 6.07) is 0.803. The van der Waals surface area contributed by atoms with Gasteiger partial charge in [0.05, 0.1) is 0 Å². The third-order valence-electron chi connectivity index (χ3n) is 8.83. The van der Waals surface area contributed by atoms with Crippen LogP contribution in [0, 0.1) is 0 Å². The lowest BCUT2D eigenvalue weighted by Gasteiger charge is -2.27. The first kappa shape index (κ1) is 40.9. The van der Waals surface area contributed by atoms with Gasteiger partial charge in [-0.1, -0.05) is 159 Å². The van der Waals surface area contributed by atoms with Crippen LogP contribution in [-0.2, 0) is 0 Å². The third kappa shape index (κ3) is 31.8. The summed E-state index contributed by atoms with van der Waals surface area (Å²) in [5.74, 6) is 0. The van der Waals surface area contributed by atoms with Crippen molar-refractivity contribution in [2.24, 2.45) is 0 Å². The van der Waals surface area contributed by atoms with Gasteiger partial charge in [0.2, 0.25) is 0 Å². The van der Waals surface area contributed by atoms with Crippen molar-refractivity contribution in [3.05, 3.63) is 48.6 Å². The van der Waals surface area contributed by atoms with E-state index < -0.39 is 0 Å². The van der Waals surface area contributed by atoms with Gasteiger partial charge in [-0.2, -0.15) is 0 Å². The first-order valence-electron chi connectivity index (χ1n) is 19.1. The molecular formula is C41H77N. The summed E-state index contributed by atoms with van der Waals surface area (Å²) < 4.78 is 0. The van der Waals surface area contributed by atoms with E-state index in [0.29, 0.717) is 0 Å². The van der Waals surface area contributed by atoms with Crippen LogP contribution in [0.3, 0.4) is 0 Å². The molecule has 1 heteroatoms. The highest BCUT2D eigenvalue weighted by molar-refractivity contribution is 4.92. The zero-order chi connectivity index (χ0) is 30.6. The number of unbranched alkanes of at least 4 members (excludes halogenated alkanes) is 19. The number of nitrogens with zero attached hydrogens (tertiary/aromatic N) is 1. The summed E-state index contributed by atoms with van der Waals surface area (Å²) in [7, 11) is 2.35. The highest BCUT2D eigenvalue weighted by atomic mass is 15.1. The molecule has 0 fully saturated rings. The molecule has 1 nitrogen and oxygen atoms in total. The summed E-state index contributed by atoms with van der Waals surface area (Å²) in [4.78, 5) is 2.61. The molecule has 0 bridgehead atoms. The van der Waals surface area contributed by atoms with Gasteiger partial charge < -0.3 is 4.90 Å². The Balaban J connectivity index is 3.63. The molecule has 0 N–H and O–H groups in total. The van der Waals surface area contributed by atoms with Crippen LogP contribution in [0.4, 0.5) is 0 Å². The standard InChI is InChI=1S/C41H77N/c1-5-8-10-12-14-16-18-20-22-24-26-28-30-32-34-36-38-40-41(42(4)7-3)39-37-35-33-31-29-27-25-23-21-19-17-15-13-11-9-6-2/h14-17,21-24,41H,5-13,18-20,25-40H2,1-4H3/b16-14-,17-15-,23-21-,24-22-. The Morgan fingerprint density at radius 3 is 1.12 bits per heavy atom. The molecule has 0 aliphatic heterocycles. The van der Waals surface area contributed by atoms with E-state index in [0.717, 1.165) is 12.5 Å². The van der Waals surface area contributed by atoms with E-state index in [1.54, 1.807) is 0 Å². The van der Waals surface area contributed by atoms with Crippen molar-refractivity contribution in [3.8, 4) is 0 Å². The van der Waals surface area contributed by atoms with Gasteiger partial charge in [0, 0.05) is 6.04 Å². The van der Waals surface area contributed by atoms with E-state index in [-0.39, 0.29) is 0 Å². The molecule has 0 aliphatic rings. The summed E-state index contributed by atoms with van der Waals surface area (Å²) >= 11 is 0. The third-order valence-corrected chi connectivity index (χ3v) is 8.83. The Hall–Kier alpha value is -1.08. The quantitative estimate of drug-likeness (QED) is 0.0548. The second-order valence-electron chi connectivity index (χ2n) is 12.8. The molecule has 0 heterocycles. The molecule has 0 aromatic rings. The maximum Gasteiger partial charge on any atom is 0.00920 e. The van der Waals surface area contributed by atoms with Crippen molar-refractivity contribution >= 4 is 0 Å². The molecule has 1 unspecified atom stereocenters. The Kier molecular flexibility index (Phi) is 35.2. The Labute approximate surface area is 266 Å². The average Bonchev–Trinajstić information content (AvgIpc) is 3.00. The van der Waals surface area contributed by atoms with Crippen molar-refractivity contribution < 1.29 is 0 Å². The maximum absolute atomic E-state index is 2.61. The minimum atomic E-state index is 0.803. The second kappa shape index (κ2) is 36.1. The first-order valence-corrected chi connectivity index (χ1v) is 19.1. The predicted molar refractivity (Wildman–Crippen MR) is 195 cm³/mol. The lowest BCUT2D eigenvalue weighted by atomic mass is 9.99. The Morgan fingerprint density at radius 1 is 0.381 bits per heavy atom. The highest BCUT2D eigenvalue weighted by Gasteiger charge is 2.12.